The molecule has 0 atom stereocenters. The van der Waals surface area contributed by atoms with Crippen LogP contribution >= 0.6 is 15.9 Å². The second-order valence-electron chi connectivity index (χ2n) is 5.35. The van der Waals surface area contributed by atoms with Gasteiger partial charge in [0.05, 0.1) is 6.54 Å². The SMILES string of the molecule is BrCC1(Cn2nnc(-c3ccccc3)n2)CCCC1. The van der Waals surface area contributed by atoms with Crippen molar-refractivity contribution in [3.63, 3.8) is 0 Å². The Bertz CT molecular complexity index is 531. The zero-order valence-corrected chi connectivity index (χ0v) is 12.4. The summed E-state index contributed by atoms with van der Waals surface area (Å²) in [5, 5.41) is 13.9. The molecule has 0 amide bonds. The van der Waals surface area contributed by atoms with Gasteiger partial charge in [0.1, 0.15) is 0 Å². The summed E-state index contributed by atoms with van der Waals surface area (Å²) in [6.45, 7) is 0.859. The highest BCUT2D eigenvalue weighted by atomic mass is 79.9. The molecule has 0 spiro atoms. The van der Waals surface area contributed by atoms with Crippen molar-refractivity contribution in [1.29, 1.82) is 0 Å². The number of nitrogens with zero attached hydrogens (tertiary/aromatic N) is 4. The molecule has 5 heteroatoms. The number of hydrogen-bond acceptors (Lipinski definition) is 3. The second kappa shape index (κ2) is 5.41. The van der Waals surface area contributed by atoms with E-state index in [2.05, 4.69) is 31.3 Å². The highest BCUT2D eigenvalue weighted by molar-refractivity contribution is 9.09. The van der Waals surface area contributed by atoms with Crippen LogP contribution in [0.15, 0.2) is 30.3 Å². The Hall–Kier alpha value is -1.23. The lowest BCUT2D eigenvalue weighted by Gasteiger charge is -2.24. The first-order valence-corrected chi connectivity index (χ1v) is 7.83. The van der Waals surface area contributed by atoms with Gasteiger partial charge in [-0.15, -0.1) is 10.2 Å². The van der Waals surface area contributed by atoms with E-state index in [1.807, 2.05) is 30.3 Å². The third-order valence-electron chi connectivity index (χ3n) is 3.91. The summed E-state index contributed by atoms with van der Waals surface area (Å²) in [5.74, 6) is 0.711. The molecule has 19 heavy (non-hydrogen) atoms. The molecule has 2 aromatic rings. The van der Waals surface area contributed by atoms with Crippen molar-refractivity contribution in [2.75, 3.05) is 5.33 Å². The molecule has 0 saturated heterocycles. The fourth-order valence-electron chi connectivity index (χ4n) is 2.77. The van der Waals surface area contributed by atoms with Crippen LogP contribution in [-0.2, 0) is 6.54 Å². The summed E-state index contributed by atoms with van der Waals surface area (Å²) < 4.78 is 0. The lowest BCUT2D eigenvalue weighted by Crippen LogP contribution is -2.26. The third kappa shape index (κ3) is 2.71. The van der Waals surface area contributed by atoms with Crippen molar-refractivity contribution < 1.29 is 0 Å². The van der Waals surface area contributed by atoms with E-state index in [1.165, 1.54) is 25.7 Å². The maximum absolute atomic E-state index is 4.51. The first-order valence-electron chi connectivity index (χ1n) is 6.71. The standard InChI is InChI=1S/C14H17BrN4/c15-10-14(8-4-5-9-14)11-19-17-13(16-18-19)12-6-2-1-3-7-12/h1-3,6-7H,4-5,8-11H2. The van der Waals surface area contributed by atoms with E-state index in [9.17, 15) is 0 Å². The zero-order chi connectivity index (χ0) is 13.1. The van der Waals surface area contributed by atoms with Crippen molar-refractivity contribution in [3.8, 4) is 11.4 Å². The molecule has 0 radical (unpaired) electrons. The van der Waals surface area contributed by atoms with Gasteiger partial charge < -0.3 is 0 Å². The van der Waals surface area contributed by atoms with Crippen LogP contribution in [0.3, 0.4) is 0 Å². The molecule has 0 bridgehead atoms. The largest absolute Gasteiger partial charge is 0.204 e. The Morgan fingerprint density at radius 3 is 2.58 bits per heavy atom. The quantitative estimate of drug-likeness (QED) is 0.812. The van der Waals surface area contributed by atoms with Crippen LogP contribution in [0.4, 0.5) is 0 Å². The van der Waals surface area contributed by atoms with E-state index < -0.39 is 0 Å². The topological polar surface area (TPSA) is 43.6 Å². The van der Waals surface area contributed by atoms with E-state index in [4.69, 9.17) is 0 Å². The summed E-state index contributed by atoms with van der Waals surface area (Å²) in [6.07, 6.45) is 5.12. The molecule has 0 unspecified atom stereocenters. The van der Waals surface area contributed by atoms with E-state index in [1.54, 1.807) is 4.80 Å². The van der Waals surface area contributed by atoms with E-state index >= 15 is 0 Å². The minimum Gasteiger partial charge on any atom is -0.163 e. The maximum Gasteiger partial charge on any atom is 0.204 e. The van der Waals surface area contributed by atoms with Gasteiger partial charge in [-0.25, -0.2) is 0 Å². The van der Waals surface area contributed by atoms with Gasteiger partial charge in [-0.3, -0.25) is 0 Å². The van der Waals surface area contributed by atoms with Crippen molar-refractivity contribution in [2.24, 2.45) is 5.41 Å². The summed E-state index contributed by atoms with van der Waals surface area (Å²) in [4.78, 5) is 1.76. The van der Waals surface area contributed by atoms with E-state index in [-0.39, 0.29) is 0 Å². The zero-order valence-electron chi connectivity index (χ0n) is 10.8. The molecule has 4 nitrogen and oxygen atoms in total. The Morgan fingerprint density at radius 1 is 1.16 bits per heavy atom. The number of rotatable bonds is 4. The van der Waals surface area contributed by atoms with Crippen LogP contribution in [0, 0.1) is 5.41 Å². The van der Waals surface area contributed by atoms with Crippen molar-refractivity contribution in [2.45, 2.75) is 32.2 Å². The molecule has 100 valence electrons. The summed E-state index contributed by atoms with van der Waals surface area (Å²) in [6, 6.07) is 10.0. The fourth-order valence-corrected chi connectivity index (χ4v) is 3.51. The minimum atomic E-state index is 0.314. The van der Waals surface area contributed by atoms with Crippen LogP contribution in [0.25, 0.3) is 11.4 Å². The molecule has 1 fully saturated rings. The second-order valence-corrected chi connectivity index (χ2v) is 5.91. The number of aromatic nitrogens is 4. The smallest absolute Gasteiger partial charge is 0.163 e. The van der Waals surface area contributed by atoms with Gasteiger partial charge in [-0.05, 0) is 18.1 Å². The summed E-state index contributed by atoms with van der Waals surface area (Å²) in [7, 11) is 0. The van der Waals surface area contributed by atoms with E-state index in [0.717, 1.165) is 17.4 Å². The van der Waals surface area contributed by atoms with Crippen LogP contribution in [0.5, 0.6) is 0 Å². The Morgan fingerprint density at radius 2 is 1.89 bits per heavy atom. The Balaban J connectivity index is 1.78. The molecule has 0 N–H and O–H groups in total. The van der Waals surface area contributed by atoms with E-state index in [0.29, 0.717) is 11.2 Å². The van der Waals surface area contributed by atoms with Gasteiger partial charge in [0.15, 0.2) is 0 Å². The number of benzene rings is 1. The van der Waals surface area contributed by atoms with Crippen LogP contribution in [-0.4, -0.2) is 25.5 Å². The van der Waals surface area contributed by atoms with Crippen molar-refractivity contribution >= 4 is 15.9 Å². The molecule has 1 saturated carbocycles. The lowest BCUT2D eigenvalue weighted by atomic mass is 9.89. The molecular formula is C14H17BrN4. The highest BCUT2D eigenvalue weighted by Crippen LogP contribution is 2.40. The highest BCUT2D eigenvalue weighted by Gasteiger charge is 2.34. The molecule has 1 aliphatic carbocycles. The number of hydrogen-bond donors (Lipinski definition) is 0. The monoisotopic (exact) mass is 320 g/mol. The molecule has 1 aromatic carbocycles. The molecular weight excluding hydrogens is 304 g/mol. The van der Waals surface area contributed by atoms with Gasteiger partial charge in [-0.1, -0.05) is 59.1 Å². The van der Waals surface area contributed by atoms with Crippen LogP contribution < -0.4 is 0 Å². The molecule has 0 aliphatic heterocycles. The van der Waals surface area contributed by atoms with Gasteiger partial charge in [0.25, 0.3) is 0 Å². The summed E-state index contributed by atoms with van der Waals surface area (Å²) >= 11 is 3.65. The lowest BCUT2D eigenvalue weighted by molar-refractivity contribution is 0.258. The Kier molecular flexibility index (Phi) is 3.64. The first kappa shape index (κ1) is 12.8. The van der Waals surface area contributed by atoms with Gasteiger partial charge in [-0.2, -0.15) is 4.80 Å². The summed E-state index contributed by atoms with van der Waals surface area (Å²) in [5.41, 5.74) is 1.34. The van der Waals surface area contributed by atoms with Gasteiger partial charge in [0.2, 0.25) is 5.82 Å². The Labute approximate surface area is 121 Å². The predicted octanol–water partition coefficient (Wildman–Crippen LogP) is 3.30. The average Bonchev–Trinajstić information content (AvgIpc) is 3.10. The molecule has 1 aromatic heterocycles. The van der Waals surface area contributed by atoms with Gasteiger partial charge >= 0.3 is 0 Å². The minimum absolute atomic E-state index is 0.314. The van der Waals surface area contributed by atoms with Crippen LogP contribution in [0.2, 0.25) is 0 Å². The number of halogens is 1. The molecule has 3 rings (SSSR count). The maximum atomic E-state index is 4.51. The third-order valence-corrected chi connectivity index (χ3v) is 5.10. The van der Waals surface area contributed by atoms with Gasteiger partial charge in [0, 0.05) is 16.3 Å². The molecule has 1 heterocycles. The average molecular weight is 321 g/mol. The van der Waals surface area contributed by atoms with Crippen molar-refractivity contribution in [1.82, 2.24) is 20.2 Å². The number of alkyl halides is 1. The normalized spacial score (nSPS) is 17.7. The predicted molar refractivity (Wildman–Crippen MR) is 77.9 cm³/mol. The fraction of sp³-hybridized carbons (Fsp3) is 0.500. The van der Waals surface area contributed by atoms with Crippen molar-refractivity contribution in [3.05, 3.63) is 30.3 Å². The van der Waals surface area contributed by atoms with Crippen LogP contribution in [0.1, 0.15) is 25.7 Å². The first-order chi connectivity index (χ1) is 9.31. The number of tetrazole rings is 1. The molecule has 1 aliphatic rings.